The van der Waals surface area contributed by atoms with Crippen LogP contribution < -0.4 is 0 Å². The van der Waals surface area contributed by atoms with Gasteiger partial charge < -0.3 is 13.9 Å². The lowest BCUT2D eigenvalue weighted by atomic mass is 10.1. The van der Waals surface area contributed by atoms with Gasteiger partial charge in [-0.3, -0.25) is 4.68 Å². The summed E-state index contributed by atoms with van der Waals surface area (Å²) in [6.45, 7) is 5.35. The van der Waals surface area contributed by atoms with Gasteiger partial charge in [-0.2, -0.15) is 5.10 Å². The van der Waals surface area contributed by atoms with Crippen molar-refractivity contribution >= 4 is 38.8 Å². The largest absolute Gasteiger partial charge is 0.460 e. The van der Waals surface area contributed by atoms with Crippen molar-refractivity contribution < 1.29 is 23.5 Å². The van der Waals surface area contributed by atoms with E-state index in [0.717, 1.165) is 4.47 Å². The number of nitrogens with zero attached hydrogens (tertiary/aromatic N) is 2. The van der Waals surface area contributed by atoms with E-state index >= 15 is 0 Å². The molecule has 0 aliphatic heterocycles. The fourth-order valence-corrected chi connectivity index (χ4v) is 3.27. The summed E-state index contributed by atoms with van der Waals surface area (Å²) in [4.78, 5) is 24.8. The van der Waals surface area contributed by atoms with Crippen LogP contribution in [0.5, 0.6) is 0 Å². The molecule has 0 N–H and O–H groups in total. The highest BCUT2D eigenvalue weighted by Gasteiger charge is 2.25. The summed E-state index contributed by atoms with van der Waals surface area (Å²) >= 11 is 3.41. The van der Waals surface area contributed by atoms with Crippen LogP contribution in [-0.2, 0) is 23.1 Å². The third kappa shape index (κ3) is 3.62. The Morgan fingerprint density at radius 3 is 2.59 bits per heavy atom. The quantitative estimate of drug-likeness (QED) is 0.562. The predicted molar refractivity (Wildman–Crippen MR) is 102 cm³/mol. The zero-order valence-corrected chi connectivity index (χ0v) is 17.0. The van der Waals surface area contributed by atoms with Gasteiger partial charge in [-0.25, -0.2) is 9.59 Å². The van der Waals surface area contributed by atoms with E-state index in [2.05, 4.69) is 21.0 Å². The second kappa shape index (κ2) is 7.56. The number of halogens is 1. The van der Waals surface area contributed by atoms with E-state index in [9.17, 15) is 9.59 Å². The fraction of sp³-hybridized carbons (Fsp3) is 0.316. The molecule has 2 aromatic heterocycles. The Hall–Kier alpha value is -2.61. The van der Waals surface area contributed by atoms with Gasteiger partial charge in [0.2, 0.25) is 5.76 Å². The van der Waals surface area contributed by atoms with Gasteiger partial charge in [-0.15, -0.1) is 0 Å². The molecule has 0 fully saturated rings. The molecule has 0 aliphatic carbocycles. The third-order valence-corrected chi connectivity index (χ3v) is 4.77. The lowest BCUT2D eigenvalue weighted by Gasteiger charge is -2.06. The van der Waals surface area contributed by atoms with Crippen molar-refractivity contribution in [3.8, 4) is 0 Å². The minimum Gasteiger partial charge on any atom is -0.460 e. The second-order valence-electron chi connectivity index (χ2n) is 6.02. The first kappa shape index (κ1) is 19.2. The molecule has 3 aromatic rings. The topological polar surface area (TPSA) is 83.6 Å². The van der Waals surface area contributed by atoms with Gasteiger partial charge in [0.05, 0.1) is 17.9 Å². The smallest absolute Gasteiger partial charge is 0.374 e. The Balaban J connectivity index is 1.95. The molecule has 0 aliphatic rings. The molecule has 0 bridgehead atoms. The van der Waals surface area contributed by atoms with Crippen LogP contribution in [0.15, 0.2) is 27.1 Å². The Bertz CT molecular complexity index is 1030. The van der Waals surface area contributed by atoms with Gasteiger partial charge in [-0.05, 0) is 39.0 Å². The number of hydrogen-bond donors (Lipinski definition) is 0. The van der Waals surface area contributed by atoms with Crippen molar-refractivity contribution in [1.82, 2.24) is 9.78 Å². The molecule has 8 heteroatoms. The number of esters is 2. The number of ether oxygens (including phenoxy) is 2. The molecule has 3 rings (SSSR count). The number of hydrogen-bond acceptors (Lipinski definition) is 6. The van der Waals surface area contributed by atoms with E-state index in [1.807, 2.05) is 6.07 Å². The highest BCUT2D eigenvalue weighted by molar-refractivity contribution is 9.10. The molecule has 27 heavy (non-hydrogen) atoms. The molecule has 0 saturated carbocycles. The maximum Gasteiger partial charge on any atom is 0.374 e. The number of carbonyl (C=O) groups excluding carboxylic acids is 2. The Labute approximate surface area is 164 Å². The van der Waals surface area contributed by atoms with Gasteiger partial charge in [-0.1, -0.05) is 15.9 Å². The first-order chi connectivity index (χ1) is 12.8. The minimum absolute atomic E-state index is 0.0392. The SMILES string of the molecule is CCOC(=O)c1oc2ccc(Br)cc2c1COC(=O)c1c(C)nn(C)c1C. The Kier molecular flexibility index (Phi) is 5.36. The van der Waals surface area contributed by atoms with E-state index in [4.69, 9.17) is 13.9 Å². The third-order valence-electron chi connectivity index (χ3n) is 4.27. The van der Waals surface area contributed by atoms with Crippen molar-refractivity contribution in [3.05, 3.63) is 50.9 Å². The summed E-state index contributed by atoms with van der Waals surface area (Å²) in [7, 11) is 1.76. The molecule has 0 atom stereocenters. The molecular weight excluding hydrogens is 416 g/mol. The lowest BCUT2D eigenvalue weighted by Crippen LogP contribution is -2.11. The number of fused-ring (bicyclic) bond motifs is 1. The zero-order chi connectivity index (χ0) is 19.7. The van der Waals surface area contributed by atoms with E-state index in [0.29, 0.717) is 33.5 Å². The van der Waals surface area contributed by atoms with Gasteiger partial charge in [0, 0.05) is 22.6 Å². The van der Waals surface area contributed by atoms with Crippen LogP contribution in [0.3, 0.4) is 0 Å². The molecule has 0 spiro atoms. The molecule has 0 unspecified atom stereocenters. The van der Waals surface area contributed by atoms with Gasteiger partial charge >= 0.3 is 11.9 Å². The van der Waals surface area contributed by atoms with E-state index < -0.39 is 11.9 Å². The molecule has 142 valence electrons. The van der Waals surface area contributed by atoms with Crippen molar-refractivity contribution in [2.24, 2.45) is 7.05 Å². The average molecular weight is 435 g/mol. The van der Waals surface area contributed by atoms with Crippen LogP contribution in [0.1, 0.15) is 44.8 Å². The van der Waals surface area contributed by atoms with Gasteiger partial charge in [0.1, 0.15) is 17.8 Å². The van der Waals surface area contributed by atoms with Crippen molar-refractivity contribution in [2.45, 2.75) is 27.4 Å². The summed E-state index contributed by atoms with van der Waals surface area (Å²) in [5, 5.41) is 4.91. The lowest BCUT2D eigenvalue weighted by molar-refractivity contribution is 0.0434. The maximum atomic E-state index is 12.6. The first-order valence-corrected chi connectivity index (χ1v) is 9.18. The van der Waals surface area contributed by atoms with Crippen LogP contribution >= 0.6 is 15.9 Å². The fourth-order valence-electron chi connectivity index (χ4n) is 2.90. The summed E-state index contributed by atoms with van der Waals surface area (Å²) in [5.41, 5.74) is 2.70. The van der Waals surface area contributed by atoms with Crippen LogP contribution in [-0.4, -0.2) is 28.3 Å². The normalized spacial score (nSPS) is 11.0. The van der Waals surface area contributed by atoms with Crippen molar-refractivity contribution in [2.75, 3.05) is 6.61 Å². The van der Waals surface area contributed by atoms with Crippen LogP contribution in [0.25, 0.3) is 11.0 Å². The van der Waals surface area contributed by atoms with Crippen molar-refractivity contribution in [3.63, 3.8) is 0 Å². The number of rotatable bonds is 5. The van der Waals surface area contributed by atoms with Crippen molar-refractivity contribution in [1.29, 1.82) is 0 Å². The Morgan fingerprint density at radius 1 is 1.22 bits per heavy atom. The highest BCUT2D eigenvalue weighted by Crippen LogP contribution is 2.30. The molecular formula is C19H19BrN2O5. The number of carbonyl (C=O) groups is 2. The summed E-state index contributed by atoms with van der Waals surface area (Å²) in [6, 6.07) is 5.35. The first-order valence-electron chi connectivity index (χ1n) is 8.38. The van der Waals surface area contributed by atoms with Crippen LogP contribution in [0, 0.1) is 13.8 Å². The van der Waals surface area contributed by atoms with E-state index in [1.54, 1.807) is 44.6 Å². The molecule has 0 saturated heterocycles. The van der Waals surface area contributed by atoms with E-state index in [-0.39, 0.29) is 19.0 Å². The Morgan fingerprint density at radius 2 is 1.96 bits per heavy atom. The number of aromatic nitrogens is 2. The van der Waals surface area contributed by atoms with Gasteiger partial charge in [0.25, 0.3) is 0 Å². The van der Waals surface area contributed by atoms with E-state index in [1.165, 1.54) is 0 Å². The second-order valence-corrected chi connectivity index (χ2v) is 6.93. The average Bonchev–Trinajstić information content (AvgIpc) is 3.09. The van der Waals surface area contributed by atoms with Crippen LogP contribution in [0.4, 0.5) is 0 Å². The summed E-state index contributed by atoms with van der Waals surface area (Å²) < 4.78 is 18.6. The monoisotopic (exact) mass is 434 g/mol. The maximum absolute atomic E-state index is 12.6. The molecule has 1 aromatic carbocycles. The molecule has 7 nitrogen and oxygen atoms in total. The number of aryl methyl sites for hydroxylation is 2. The van der Waals surface area contributed by atoms with Gasteiger partial charge in [0.15, 0.2) is 0 Å². The number of benzene rings is 1. The highest BCUT2D eigenvalue weighted by atomic mass is 79.9. The number of furan rings is 1. The minimum atomic E-state index is -0.593. The predicted octanol–water partition coefficient (Wildman–Crippen LogP) is 4.08. The molecule has 0 amide bonds. The standard InChI is InChI=1S/C19H19BrN2O5/c1-5-25-19(24)17-14(13-8-12(20)6-7-15(13)27-17)9-26-18(23)16-10(2)21-22(4)11(16)3/h6-8H,5,9H2,1-4H3. The van der Waals surface area contributed by atoms with Crippen LogP contribution in [0.2, 0.25) is 0 Å². The zero-order valence-electron chi connectivity index (χ0n) is 15.5. The molecule has 2 heterocycles. The summed E-state index contributed by atoms with van der Waals surface area (Å²) in [6.07, 6.45) is 0. The summed E-state index contributed by atoms with van der Waals surface area (Å²) in [5.74, 6) is -1.06. The molecule has 0 radical (unpaired) electrons.